The molecule has 0 atom stereocenters. The largest absolute Gasteiger partial charge is 0.493 e. The number of hydrogen-bond donors (Lipinski definition) is 2. The van der Waals surface area contributed by atoms with Gasteiger partial charge in [0.25, 0.3) is 0 Å². The number of carboxylic acid groups (broad SMARTS) is 2. The molecule has 0 fully saturated rings. The highest BCUT2D eigenvalue weighted by Gasteiger charge is 2.25. The van der Waals surface area contributed by atoms with Crippen LogP contribution in [0.3, 0.4) is 0 Å². The molecule has 34 heavy (non-hydrogen) atoms. The van der Waals surface area contributed by atoms with Gasteiger partial charge in [-0.25, -0.2) is 4.79 Å². The lowest BCUT2D eigenvalue weighted by Gasteiger charge is -2.18. The summed E-state index contributed by atoms with van der Waals surface area (Å²) in [6, 6.07) is 9.95. The smallest absolute Gasteiger partial charge is 0.336 e. The zero-order valence-corrected chi connectivity index (χ0v) is 18.2. The molecule has 0 spiro atoms. The monoisotopic (exact) mass is 468 g/mol. The minimum absolute atomic E-state index is 0.0515. The van der Waals surface area contributed by atoms with Crippen LogP contribution < -0.4 is 18.9 Å². The van der Waals surface area contributed by atoms with Crippen molar-refractivity contribution in [3.05, 3.63) is 47.5 Å². The second kappa shape index (κ2) is 9.18. The van der Waals surface area contributed by atoms with Gasteiger partial charge in [-0.05, 0) is 46.7 Å². The van der Waals surface area contributed by atoms with Crippen molar-refractivity contribution in [3.63, 3.8) is 0 Å². The zero-order valence-electron chi connectivity index (χ0n) is 18.2. The fraction of sp³-hybridized carbons (Fsp3) is 0.208. The van der Waals surface area contributed by atoms with Crippen LogP contribution in [0.1, 0.15) is 22.3 Å². The Morgan fingerprint density at radius 3 is 2.32 bits per heavy atom. The molecular formula is C24H20O10. The minimum Gasteiger partial charge on any atom is -0.493 e. The summed E-state index contributed by atoms with van der Waals surface area (Å²) in [6.07, 6.45) is -0.837. The van der Waals surface area contributed by atoms with Gasteiger partial charge >= 0.3 is 17.9 Å². The molecule has 1 heterocycles. The first-order valence-electron chi connectivity index (χ1n) is 10.0. The van der Waals surface area contributed by atoms with Crippen LogP contribution in [-0.4, -0.2) is 49.1 Å². The van der Waals surface area contributed by atoms with Crippen molar-refractivity contribution in [1.82, 2.24) is 0 Å². The van der Waals surface area contributed by atoms with Gasteiger partial charge in [0.05, 0.1) is 19.8 Å². The van der Waals surface area contributed by atoms with Crippen molar-refractivity contribution in [2.24, 2.45) is 0 Å². The van der Waals surface area contributed by atoms with E-state index in [1.165, 1.54) is 14.2 Å². The lowest BCUT2D eigenvalue weighted by atomic mass is 9.89. The lowest BCUT2D eigenvalue weighted by molar-refractivity contribution is -0.152. The molecule has 0 saturated carbocycles. The normalized spacial score (nSPS) is 11.8. The Hall–Kier alpha value is -4.47. The SMILES string of the molecule is COc1cc2cc(COC(=O)CC(=O)O)c(C(=O)O)c(-c3ccc4c(c3)OCO4)c2cc1OC. The van der Waals surface area contributed by atoms with E-state index in [0.29, 0.717) is 44.9 Å². The third kappa shape index (κ3) is 4.25. The minimum atomic E-state index is -1.35. The summed E-state index contributed by atoms with van der Waals surface area (Å²) >= 11 is 0. The van der Waals surface area contributed by atoms with Crippen molar-refractivity contribution >= 4 is 28.7 Å². The van der Waals surface area contributed by atoms with Crippen molar-refractivity contribution in [3.8, 4) is 34.1 Å². The van der Waals surface area contributed by atoms with Crippen LogP contribution in [-0.2, 0) is 20.9 Å². The summed E-state index contributed by atoms with van der Waals surface area (Å²) in [5, 5.41) is 20.1. The summed E-state index contributed by atoms with van der Waals surface area (Å²) in [7, 11) is 2.95. The van der Waals surface area contributed by atoms with Crippen LogP contribution in [0.15, 0.2) is 36.4 Å². The van der Waals surface area contributed by atoms with Crippen molar-refractivity contribution in [1.29, 1.82) is 0 Å². The number of aromatic carboxylic acids is 1. The number of fused-ring (bicyclic) bond motifs is 2. The van der Waals surface area contributed by atoms with E-state index in [1.807, 2.05) is 0 Å². The van der Waals surface area contributed by atoms with Gasteiger partial charge in [-0.1, -0.05) is 6.07 Å². The van der Waals surface area contributed by atoms with Gasteiger partial charge in [-0.3, -0.25) is 9.59 Å². The molecule has 10 nitrogen and oxygen atoms in total. The average molecular weight is 468 g/mol. The van der Waals surface area contributed by atoms with Crippen LogP contribution in [0.5, 0.6) is 23.0 Å². The molecule has 10 heteroatoms. The fourth-order valence-electron chi connectivity index (χ4n) is 3.83. The number of benzene rings is 3. The topological polar surface area (TPSA) is 138 Å². The summed E-state index contributed by atoms with van der Waals surface area (Å²) < 4.78 is 26.7. The summed E-state index contributed by atoms with van der Waals surface area (Å²) in [5.41, 5.74) is 0.937. The predicted molar refractivity (Wildman–Crippen MR) is 118 cm³/mol. The predicted octanol–water partition coefficient (Wildman–Crippen LogP) is 3.47. The Balaban J connectivity index is 1.96. The molecule has 3 aromatic carbocycles. The van der Waals surface area contributed by atoms with Crippen molar-refractivity contribution in [2.45, 2.75) is 13.0 Å². The maximum atomic E-state index is 12.4. The standard InChI is InChI=1S/C24H20O10/c1-30-17-7-13-5-14(10-32-21(27)9-20(25)26)23(24(28)29)22(15(13)8-18(17)31-2)12-3-4-16-19(6-12)34-11-33-16/h3-8H,9-11H2,1-2H3,(H,25,26)(H,28,29). The fourth-order valence-corrected chi connectivity index (χ4v) is 3.83. The maximum absolute atomic E-state index is 12.4. The van der Waals surface area contributed by atoms with Crippen molar-refractivity contribution < 1.29 is 48.3 Å². The lowest BCUT2D eigenvalue weighted by Crippen LogP contribution is -2.13. The number of carbonyl (C=O) groups excluding carboxylic acids is 1. The van der Waals surface area contributed by atoms with E-state index in [9.17, 15) is 19.5 Å². The summed E-state index contributed by atoms with van der Waals surface area (Å²) in [5.74, 6) is -1.78. The number of carbonyl (C=O) groups is 3. The third-order valence-corrected chi connectivity index (χ3v) is 5.29. The molecule has 0 saturated heterocycles. The third-order valence-electron chi connectivity index (χ3n) is 5.29. The van der Waals surface area contributed by atoms with Gasteiger partial charge in [0.1, 0.15) is 13.0 Å². The van der Waals surface area contributed by atoms with E-state index < -0.39 is 30.9 Å². The molecule has 0 aromatic heterocycles. The molecule has 0 amide bonds. The Bertz CT molecular complexity index is 1310. The Labute approximate surface area is 193 Å². The number of esters is 1. The molecule has 0 bridgehead atoms. The highest BCUT2D eigenvalue weighted by atomic mass is 16.7. The molecule has 2 N–H and O–H groups in total. The first-order chi connectivity index (χ1) is 16.3. The van der Waals surface area contributed by atoms with Crippen LogP contribution in [0.2, 0.25) is 0 Å². The van der Waals surface area contributed by atoms with E-state index >= 15 is 0 Å². The number of ether oxygens (including phenoxy) is 5. The molecule has 176 valence electrons. The van der Waals surface area contributed by atoms with Gasteiger partial charge in [0, 0.05) is 11.1 Å². The van der Waals surface area contributed by atoms with Crippen LogP contribution in [0.4, 0.5) is 0 Å². The molecule has 0 aliphatic carbocycles. The van der Waals surface area contributed by atoms with Crippen LogP contribution >= 0.6 is 0 Å². The summed E-state index contributed by atoms with van der Waals surface area (Å²) in [4.78, 5) is 35.1. The van der Waals surface area contributed by atoms with Crippen LogP contribution in [0.25, 0.3) is 21.9 Å². The number of carboxylic acids is 2. The molecule has 1 aliphatic rings. The molecule has 1 aliphatic heterocycles. The maximum Gasteiger partial charge on any atom is 0.336 e. The second-order valence-corrected chi connectivity index (χ2v) is 7.32. The van der Waals surface area contributed by atoms with E-state index in [0.717, 1.165) is 0 Å². The number of hydrogen-bond acceptors (Lipinski definition) is 8. The van der Waals surface area contributed by atoms with Crippen LogP contribution in [0, 0.1) is 0 Å². The number of methoxy groups -OCH3 is 2. The van der Waals surface area contributed by atoms with Crippen molar-refractivity contribution in [2.75, 3.05) is 21.0 Å². The Morgan fingerprint density at radius 2 is 1.65 bits per heavy atom. The van der Waals surface area contributed by atoms with Gasteiger partial charge in [0.15, 0.2) is 23.0 Å². The number of aliphatic carboxylic acids is 1. The van der Waals surface area contributed by atoms with E-state index in [4.69, 9.17) is 28.8 Å². The average Bonchev–Trinajstić information content (AvgIpc) is 3.28. The first kappa shape index (κ1) is 22.7. The Morgan fingerprint density at radius 1 is 0.941 bits per heavy atom. The van der Waals surface area contributed by atoms with E-state index in [2.05, 4.69) is 0 Å². The molecule has 3 aromatic rings. The molecule has 0 radical (unpaired) electrons. The van der Waals surface area contributed by atoms with E-state index in [1.54, 1.807) is 36.4 Å². The quantitative estimate of drug-likeness (QED) is 0.373. The molecule has 0 unspecified atom stereocenters. The highest BCUT2D eigenvalue weighted by Crippen LogP contribution is 2.43. The second-order valence-electron chi connectivity index (χ2n) is 7.32. The Kier molecular flexibility index (Phi) is 6.13. The van der Waals surface area contributed by atoms with Gasteiger partial charge < -0.3 is 33.9 Å². The molecular weight excluding hydrogens is 448 g/mol. The number of rotatable bonds is 8. The van der Waals surface area contributed by atoms with Gasteiger partial charge in [-0.15, -0.1) is 0 Å². The van der Waals surface area contributed by atoms with E-state index in [-0.39, 0.29) is 17.9 Å². The zero-order chi connectivity index (χ0) is 24.4. The van der Waals surface area contributed by atoms with Gasteiger partial charge in [0.2, 0.25) is 6.79 Å². The van der Waals surface area contributed by atoms with Gasteiger partial charge in [-0.2, -0.15) is 0 Å². The first-order valence-corrected chi connectivity index (χ1v) is 10.0. The summed E-state index contributed by atoms with van der Waals surface area (Å²) in [6.45, 7) is -0.383. The molecule has 4 rings (SSSR count). The highest BCUT2D eigenvalue weighted by molar-refractivity contribution is 6.10.